The van der Waals surface area contributed by atoms with Crippen LogP contribution in [0, 0.1) is 19.7 Å². The van der Waals surface area contributed by atoms with E-state index in [2.05, 4.69) is 20.7 Å². The third-order valence-corrected chi connectivity index (χ3v) is 6.70. The van der Waals surface area contributed by atoms with Gasteiger partial charge in [-0.05, 0) is 58.4 Å². The highest BCUT2D eigenvalue weighted by atomic mass is 79.9. The van der Waals surface area contributed by atoms with E-state index in [1.165, 1.54) is 18.3 Å². The Labute approximate surface area is 135 Å². The summed E-state index contributed by atoms with van der Waals surface area (Å²) in [5.41, 5.74) is 6.01. The van der Waals surface area contributed by atoms with Crippen LogP contribution in [0.4, 0.5) is 10.1 Å². The molecule has 3 N–H and O–H groups in total. The first-order valence-electron chi connectivity index (χ1n) is 6.00. The van der Waals surface area contributed by atoms with E-state index in [0.717, 1.165) is 15.4 Å². The van der Waals surface area contributed by atoms with Gasteiger partial charge in [0.1, 0.15) is 5.82 Å². The smallest absolute Gasteiger partial charge is 0.241 e. The molecule has 0 aliphatic carbocycles. The molecule has 0 aliphatic rings. The molecule has 8 heteroatoms. The second-order valence-corrected chi connectivity index (χ2v) is 8.12. The van der Waals surface area contributed by atoms with Crippen LogP contribution in [-0.4, -0.2) is 8.42 Å². The lowest BCUT2D eigenvalue weighted by molar-refractivity contribution is 0.579. The van der Waals surface area contributed by atoms with Gasteiger partial charge in [-0.25, -0.2) is 17.5 Å². The maximum absolute atomic E-state index is 13.5. The number of nitrogens with one attached hydrogen (secondary N) is 1. The van der Waals surface area contributed by atoms with E-state index >= 15 is 0 Å². The van der Waals surface area contributed by atoms with Crippen LogP contribution < -0.4 is 10.5 Å². The van der Waals surface area contributed by atoms with Gasteiger partial charge in [0, 0.05) is 15.9 Å². The molecule has 2 rings (SSSR count). The van der Waals surface area contributed by atoms with Gasteiger partial charge in [-0.2, -0.15) is 0 Å². The lowest BCUT2D eigenvalue weighted by atomic mass is 10.1. The molecular formula is C13H14BrFN2O2S2. The van der Waals surface area contributed by atoms with Crippen molar-refractivity contribution < 1.29 is 12.8 Å². The first-order valence-corrected chi connectivity index (χ1v) is 9.16. The number of halogens is 2. The number of nitrogen functional groups attached to an aromatic ring is 1. The molecule has 2 aromatic rings. The minimum Gasteiger partial charge on any atom is -0.396 e. The van der Waals surface area contributed by atoms with Crippen molar-refractivity contribution in [3.8, 4) is 0 Å². The molecule has 0 radical (unpaired) electrons. The van der Waals surface area contributed by atoms with Crippen LogP contribution in [0.15, 0.2) is 26.9 Å². The summed E-state index contributed by atoms with van der Waals surface area (Å²) in [4.78, 5) is 0.901. The fourth-order valence-corrected chi connectivity index (χ4v) is 5.03. The quantitative estimate of drug-likeness (QED) is 0.783. The summed E-state index contributed by atoms with van der Waals surface area (Å²) < 4.78 is 41.8. The molecule has 0 amide bonds. The van der Waals surface area contributed by atoms with Crippen LogP contribution in [-0.2, 0) is 16.6 Å². The monoisotopic (exact) mass is 392 g/mol. The molecule has 114 valence electrons. The van der Waals surface area contributed by atoms with Gasteiger partial charge in [0.25, 0.3) is 0 Å². The average Bonchev–Trinajstić information content (AvgIpc) is 2.79. The van der Waals surface area contributed by atoms with Crippen molar-refractivity contribution in [2.75, 3.05) is 5.73 Å². The summed E-state index contributed by atoms with van der Waals surface area (Å²) >= 11 is 4.79. The van der Waals surface area contributed by atoms with Gasteiger partial charge in [0.05, 0.1) is 10.6 Å². The number of sulfonamides is 1. The minimum absolute atomic E-state index is 0.0362. The first kappa shape index (κ1) is 16.4. The highest BCUT2D eigenvalue weighted by Crippen LogP contribution is 2.28. The van der Waals surface area contributed by atoms with Gasteiger partial charge in [-0.3, -0.25) is 0 Å². The fraction of sp³-hybridized carbons (Fsp3) is 0.231. The zero-order valence-corrected chi connectivity index (χ0v) is 14.6. The predicted octanol–water partition coefficient (Wildman–Crippen LogP) is 3.33. The molecule has 0 bridgehead atoms. The molecule has 0 saturated carbocycles. The second kappa shape index (κ2) is 6.04. The van der Waals surface area contributed by atoms with Crippen LogP contribution in [0.25, 0.3) is 0 Å². The maximum atomic E-state index is 13.5. The van der Waals surface area contributed by atoms with E-state index in [9.17, 15) is 12.8 Å². The number of aryl methyl sites for hydroxylation is 1. The summed E-state index contributed by atoms with van der Waals surface area (Å²) in [6, 6.07) is 2.98. The van der Waals surface area contributed by atoms with Gasteiger partial charge in [-0.1, -0.05) is 0 Å². The largest absolute Gasteiger partial charge is 0.396 e. The minimum atomic E-state index is -3.76. The van der Waals surface area contributed by atoms with Crippen LogP contribution in [0.3, 0.4) is 0 Å². The second-order valence-electron chi connectivity index (χ2n) is 4.56. The lowest BCUT2D eigenvalue weighted by Gasteiger charge is -2.14. The molecule has 1 heterocycles. The van der Waals surface area contributed by atoms with Gasteiger partial charge < -0.3 is 5.73 Å². The highest BCUT2D eigenvalue weighted by Gasteiger charge is 2.23. The van der Waals surface area contributed by atoms with E-state index in [1.807, 2.05) is 11.4 Å². The molecule has 0 atom stereocenters. The molecule has 1 aromatic heterocycles. The summed E-state index contributed by atoms with van der Waals surface area (Å²) in [6.07, 6.45) is 0. The van der Waals surface area contributed by atoms with Gasteiger partial charge in [0.2, 0.25) is 10.0 Å². The molecule has 0 spiro atoms. The maximum Gasteiger partial charge on any atom is 0.241 e. The van der Waals surface area contributed by atoms with E-state index in [1.54, 1.807) is 6.92 Å². The van der Waals surface area contributed by atoms with Crippen molar-refractivity contribution in [1.82, 2.24) is 4.72 Å². The van der Waals surface area contributed by atoms with Gasteiger partial charge in [-0.15, -0.1) is 11.3 Å². The number of benzene rings is 1. The zero-order valence-electron chi connectivity index (χ0n) is 11.4. The number of anilines is 1. The van der Waals surface area contributed by atoms with Crippen molar-refractivity contribution in [3.05, 3.63) is 43.8 Å². The number of nitrogens with two attached hydrogens (primary N) is 1. The van der Waals surface area contributed by atoms with Crippen LogP contribution >= 0.6 is 27.3 Å². The topological polar surface area (TPSA) is 72.2 Å². The standard InChI is InChI=1S/C13H14BrFN2O2S2/c1-7-5-10(15)12(16)8(2)13(7)21(18,19)17-6-11-9(14)3-4-20-11/h3-5,17H,6,16H2,1-2H3. The van der Waals surface area contributed by atoms with E-state index in [0.29, 0.717) is 5.56 Å². The number of hydrogen-bond acceptors (Lipinski definition) is 4. The Morgan fingerprint density at radius 2 is 2.10 bits per heavy atom. The average molecular weight is 393 g/mol. The summed E-state index contributed by atoms with van der Waals surface area (Å²) in [5, 5.41) is 1.86. The van der Waals surface area contributed by atoms with Crippen molar-refractivity contribution >= 4 is 43.0 Å². The fourth-order valence-electron chi connectivity index (χ4n) is 2.03. The molecule has 4 nitrogen and oxygen atoms in total. The molecule has 0 unspecified atom stereocenters. The van der Waals surface area contributed by atoms with Crippen LogP contribution in [0.5, 0.6) is 0 Å². The number of thiophene rings is 1. The van der Waals surface area contributed by atoms with Crippen LogP contribution in [0.2, 0.25) is 0 Å². The first-order chi connectivity index (χ1) is 9.74. The Morgan fingerprint density at radius 1 is 1.43 bits per heavy atom. The van der Waals surface area contributed by atoms with E-state index in [-0.39, 0.29) is 22.7 Å². The van der Waals surface area contributed by atoms with Gasteiger partial charge >= 0.3 is 0 Å². The Bertz CT molecular complexity index is 788. The van der Waals surface area contributed by atoms with Crippen LogP contribution in [0.1, 0.15) is 16.0 Å². The van der Waals surface area contributed by atoms with Crippen molar-refractivity contribution in [1.29, 1.82) is 0 Å². The predicted molar refractivity (Wildman–Crippen MR) is 86.3 cm³/mol. The molecule has 0 fully saturated rings. The third kappa shape index (κ3) is 3.28. The van der Waals surface area contributed by atoms with Crippen molar-refractivity contribution in [3.63, 3.8) is 0 Å². The van der Waals surface area contributed by atoms with Crippen molar-refractivity contribution in [2.45, 2.75) is 25.3 Å². The molecule has 0 saturated heterocycles. The molecular weight excluding hydrogens is 379 g/mol. The Balaban J connectivity index is 2.37. The van der Waals surface area contributed by atoms with Crippen molar-refractivity contribution in [2.24, 2.45) is 0 Å². The number of rotatable bonds is 4. The SMILES string of the molecule is Cc1cc(F)c(N)c(C)c1S(=O)(=O)NCc1sccc1Br. The summed E-state index contributed by atoms with van der Waals surface area (Å²) in [5.74, 6) is -0.607. The molecule has 21 heavy (non-hydrogen) atoms. The Kier molecular flexibility index (Phi) is 4.72. The van der Waals surface area contributed by atoms with Gasteiger partial charge in [0.15, 0.2) is 0 Å². The van der Waals surface area contributed by atoms with E-state index < -0.39 is 15.8 Å². The Hall–Kier alpha value is -0.960. The molecule has 0 aliphatic heterocycles. The normalized spacial score (nSPS) is 11.8. The molecule has 1 aromatic carbocycles. The lowest BCUT2D eigenvalue weighted by Crippen LogP contribution is -2.25. The van der Waals surface area contributed by atoms with E-state index in [4.69, 9.17) is 5.73 Å². The highest BCUT2D eigenvalue weighted by molar-refractivity contribution is 9.10. The summed E-state index contributed by atoms with van der Waals surface area (Å²) in [6.45, 7) is 3.21. The third-order valence-electron chi connectivity index (χ3n) is 3.09. The number of hydrogen-bond donors (Lipinski definition) is 2. The zero-order chi connectivity index (χ0) is 15.8. The summed E-state index contributed by atoms with van der Waals surface area (Å²) in [7, 11) is -3.76. The Morgan fingerprint density at radius 3 is 2.67 bits per heavy atom.